The van der Waals surface area contributed by atoms with Gasteiger partial charge in [-0.3, -0.25) is 0 Å². The van der Waals surface area contributed by atoms with Crippen LogP contribution in [-0.2, 0) is 7.05 Å². The van der Waals surface area contributed by atoms with Crippen molar-refractivity contribution in [3.05, 3.63) is 30.3 Å². The molecule has 0 aliphatic carbocycles. The molecule has 0 atom stereocenters. The van der Waals surface area contributed by atoms with Crippen molar-refractivity contribution in [1.29, 1.82) is 0 Å². The van der Waals surface area contributed by atoms with E-state index in [2.05, 4.69) is 15.4 Å². The molecule has 3 aromatic rings. The number of nitrogen functional groups attached to an aromatic ring is 1. The summed E-state index contributed by atoms with van der Waals surface area (Å²) in [4.78, 5) is 8.23. The van der Waals surface area contributed by atoms with Gasteiger partial charge in [-0.1, -0.05) is 0 Å². The first kappa shape index (κ1) is 9.98. The highest BCUT2D eigenvalue weighted by molar-refractivity contribution is 6.08. The third-order valence-corrected chi connectivity index (χ3v) is 2.87. The Morgan fingerprint density at radius 2 is 2.18 bits per heavy atom. The molecule has 0 aliphatic rings. The van der Waals surface area contributed by atoms with Crippen LogP contribution in [0.1, 0.15) is 0 Å². The van der Waals surface area contributed by atoms with Gasteiger partial charge in [-0.2, -0.15) is 0 Å². The van der Waals surface area contributed by atoms with Gasteiger partial charge in [-0.25, -0.2) is 20.2 Å². The van der Waals surface area contributed by atoms with Crippen LogP contribution >= 0.6 is 0 Å². The third kappa shape index (κ3) is 1.27. The van der Waals surface area contributed by atoms with Gasteiger partial charge in [0.05, 0.1) is 5.52 Å². The zero-order valence-corrected chi connectivity index (χ0v) is 9.11. The quantitative estimate of drug-likeness (QED) is 0.492. The lowest BCUT2D eigenvalue weighted by Crippen LogP contribution is -2.10. The first-order chi connectivity index (χ1) is 8.22. The van der Waals surface area contributed by atoms with E-state index in [0.717, 1.165) is 16.4 Å². The summed E-state index contributed by atoms with van der Waals surface area (Å²) < 4.78 is 15.2. The van der Waals surface area contributed by atoms with Crippen LogP contribution < -0.4 is 11.3 Å². The summed E-state index contributed by atoms with van der Waals surface area (Å²) in [6, 6.07) is 4.60. The molecule has 5 nitrogen and oxygen atoms in total. The van der Waals surface area contributed by atoms with Crippen molar-refractivity contribution in [2.45, 2.75) is 0 Å². The van der Waals surface area contributed by atoms with Crippen molar-refractivity contribution in [3.8, 4) is 0 Å². The summed E-state index contributed by atoms with van der Waals surface area (Å²) in [7, 11) is 1.87. The second-order valence-corrected chi connectivity index (χ2v) is 3.78. The Morgan fingerprint density at radius 3 is 2.94 bits per heavy atom. The van der Waals surface area contributed by atoms with E-state index in [4.69, 9.17) is 5.84 Å². The molecule has 0 aliphatic heterocycles. The summed E-state index contributed by atoms with van der Waals surface area (Å²) in [5.74, 6) is 5.64. The highest BCUT2D eigenvalue weighted by atomic mass is 19.1. The van der Waals surface area contributed by atoms with E-state index in [0.29, 0.717) is 11.3 Å². The fraction of sp³-hybridized carbons (Fsp3) is 0.0909. The van der Waals surface area contributed by atoms with E-state index in [-0.39, 0.29) is 5.82 Å². The molecule has 2 heterocycles. The maximum atomic E-state index is 13.3. The number of nitrogens with two attached hydrogens (primary N) is 1. The second kappa shape index (κ2) is 3.39. The Hall–Kier alpha value is -2.21. The van der Waals surface area contributed by atoms with Crippen molar-refractivity contribution < 1.29 is 4.39 Å². The normalized spacial score (nSPS) is 11.2. The number of aryl methyl sites for hydroxylation is 1. The first-order valence-corrected chi connectivity index (χ1v) is 5.07. The Kier molecular flexibility index (Phi) is 1.99. The SMILES string of the molecule is Cn1c2ccc(F)cc2c2ncnc(NN)c21. The van der Waals surface area contributed by atoms with Gasteiger partial charge in [0.25, 0.3) is 0 Å². The van der Waals surface area contributed by atoms with E-state index in [1.165, 1.54) is 18.5 Å². The Morgan fingerprint density at radius 1 is 1.35 bits per heavy atom. The number of anilines is 1. The number of aromatic nitrogens is 3. The van der Waals surface area contributed by atoms with Gasteiger partial charge in [0.1, 0.15) is 23.2 Å². The van der Waals surface area contributed by atoms with Crippen molar-refractivity contribution >= 4 is 27.8 Å². The van der Waals surface area contributed by atoms with Gasteiger partial charge >= 0.3 is 0 Å². The summed E-state index contributed by atoms with van der Waals surface area (Å²) in [6.45, 7) is 0. The average Bonchev–Trinajstić information content (AvgIpc) is 2.63. The van der Waals surface area contributed by atoms with Gasteiger partial charge in [-0.15, -0.1) is 0 Å². The number of nitrogens with one attached hydrogen (secondary N) is 1. The molecular weight excluding hydrogens is 221 g/mol. The number of rotatable bonds is 1. The highest BCUT2D eigenvalue weighted by Gasteiger charge is 2.13. The molecule has 0 spiro atoms. The van der Waals surface area contributed by atoms with Crippen LogP contribution in [0, 0.1) is 5.82 Å². The first-order valence-electron chi connectivity index (χ1n) is 5.07. The number of hydrogen-bond donors (Lipinski definition) is 2. The van der Waals surface area contributed by atoms with Crippen molar-refractivity contribution in [2.24, 2.45) is 12.9 Å². The lowest BCUT2D eigenvalue weighted by Gasteiger charge is -2.02. The number of fused-ring (bicyclic) bond motifs is 3. The van der Waals surface area contributed by atoms with Gasteiger partial charge < -0.3 is 9.99 Å². The van der Waals surface area contributed by atoms with Crippen LogP contribution in [0.4, 0.5) is 10.2 Å². The molecule has 0 bridgehead atoms. The molecule has 0 saturated carbocycles. The number of halogens is 1. The predicted octanol–water partition coefficient (Wildman–Crippen LogP) is 1.55. The largest absolute Gasteiger partial charge is 0.339 e. The van der Waals surface area contributed by atoms with E-state index < -0.39 is 0 Å². The third-order valence-electron chi connectivity index (χ3n) is 2.87. The molecule has 1 aromatic carbocycles. The van der Waals surface area contributed by atoms with Crippen LogP contribution in [0.2, 0.25) is 0 Å². The van der Waals surface area contributed by atoms with Crippen LogP contribution in [-0.4, -0.2) is 14.5 Å². The van der Waals surface area contributed by atoms with Crippen LogP contribution in [0.25, 0.3) is 21.9 Å². The minimum Gasteiger partial charge on any atom is -0.339 e. The molecule has 0 fully saturated rings. The van der Waals surface area contributed by atoms with Crippen LogP contribution in [0.5, 0.6) is 0 Å². The molecule has 0 unspecified atom stereocenters. The monoisotopic (exact) mass is 231 g/mol. The van der Waals surface area contributed by atoms with Crippen molar-refractivity contribution in [2.75, 3.05) is 5.43 Å². The number of nitrogens with zero attached hydrogens (tertiary/aromatic N) is 3. The maximum Gasteiger partial charge on any atom is 0.168 e. The van der Waals surface area contributed by atoms with Crippen molar-refractivity contribution in [3.63, 3.8) is 0 Å². The Balaban J connectivity index is 2.58. The minimum atomic E-state index is -0.286. The summed E-state index contributed by atoms with van der Waals surface area (Å²) in [5, 5.41) is 0.751. The molecule has 0 amide bonds. The summed E-state index contributed by atoms with van der Waals surface area (Å²) in [6.07, 6.45) is 1.40. The van der Waals surface area contributed by atoms with E-state index in [1.54, 1.807) is 6.07 Å². The molecule has 0 radical (unpaired) electrons. The zero-order chi connectivity index (χ0) is 12.0. The van der Waals surface area contributed by atoms with E-state index in [1.807, 2.05) is 11.6 Å². The lowest BCUT2D eigenvalue weighted by atomic mass is 10.2. The smallest absolute Gasteiger partial charge is 0.168 e. The number of hydrogen-bond acceptors (Lipinski definition) is 4. The molecule has 86 valence electrons. The van der Waals surface area contributed by atoms with Crippen LogP contribution in [0.15, 0.2) is 24.5 Å². The molecule has 3 N–H and O–H groups in total. The second-order valence-electron chi connectivity index (χ2n) is 3.78. The van der Waals surface area contributed by atoms with E-state index >= 15 is 0 Å². The molecule has 0 saturated heterocycles. The lowest BCUT2D eigenvalue weighted by molar-refractivity contribution is 0.629. The molecule has 6 heteroatoms. The molecular formula is C11H10FN5. The molecule has 3 rings (SSSR count). The van der Waals surface area contributed by atoms with Crippen LogP contribution in [0.3, 0.4) is 0 Å². The highest BCUT2D eigenvalue weighted by Crippen LogP contribution is 2.29. The number of hydrazine groups is 1. The number of benzene rings is 1. The van der Waals surface area contributed by atoms with Gasteiger partial charge in [-0.05, 0) is 18.2 Å². The summed E-state index contributed by atoms with van der Waals surface area (Å²) >= 11 is 0. The molecule has 2 aromatic heterocycles. The molecule has 17 heavy (non-hydrogen) atoms. The standard InChI is InChI=1S/C11H10FN5/c1-17-8-3-2-6(12)4-7(8)9-10(17)11(16-13)15-5-14-9/h2-5H,13H2,1H3,(H,14,15,16). The summed E-state index contributed by atoms with van der Waals surface area (Å²) in [5.41, 5.74) is 4.85. The van der Waals surface area contributed by atoms with Crippen molar-refractivity contribution in [1.82, 2.24) is 14.5 Å². The fourth-order valence-corrected chi connectivity index (χ4v) is 2.11. The topological polar surface area (TPSA) is 68.8 Å². The van der Waals surface area contributed by atoms with Gasteiger partial charge in [0.15, 0.2) is 5.82 Å². The predicted molar refractivity (Wildman–Crippen MR) is 63.8 cm³/mol. The maximum absolute atomic E-state index is 13.3. The minimum absolute atomic E-state index is 0.286. The van der Waals surface area contributed by atoms with Gasteiger partial charge in [0.2, 0.25) is 0 Å². The zero-order valence-electron chi connectivity index (χ0n) is 9.11. The Bertz CT molecular complexity index is 719. The Labute approximate surface area is 96.0 Å². The van der Waals surface area contributed by atoms with Gasteiger partial charge in [0, 0.05) is 12.4 Å². The average molecular weight is 231 g/mol. The van der Waals surface area contributed by atoms with E-state index in [9.17, 15) is 4.39 Å². The fourth-order valence-electron chi connectivity index (χ4n) is 2.11.